The van der Waals surface area contributed by atoms with E-state index in [9.17, 15) is 4.39 Å². The van der Waals surface area contributed by atoms with Crippen LogP contribution in [-0.4, -0.2) is 63.7 Å². The summed E-state index contributed by atoms with van der Waals surface area (Å²) in [5.74, 6) is 0.706. The van der Waals surface area contributed by atoms with Gasteiger partial charge in [0.25, 0.3) is 0 Å². The van der Waals surface area contributed by atoms with Gasteiger partial charge in [-0.25, -0.2) is 4.39 Å². The normalized spacial score (nSPS) is 15.6. The smallest absolute Gasteiger partial charge is 0.191 e. The Hall–Kier alpha value is -1.09. The molecule has 1 saturated heterocycles. The summed E-state index contributed by atoms with van der Waals surface area (Å²) in [6.45, 7) is 9.07. The third-order valence-corrected chi connectivity index (χ3v) is 4.33. The van der Waals surface area contributed by atoms with E-state index < -0.39 is 0 Å². The molecule has 7 heteroatoms. The second kappa shape index (κ2) is 12.3. The van der Waals surface area contributed by atoms with Gasteiger partial charge in [-0.3, -0.25) is 9.89 Å². The monoisotopic (exact) mass is 463 g/mol. The van der Waals surface area contributed by atoms with E-state index in [0.29, 0.717) is 0 Å². The molecular weight excluding hydrogens is 432 g/mol. The van der Waals surface area contributed by atoms with E-state index in [1.807, 2.05) is 19.2 Å². The van der Waals surface area contributed by atoms with Gasteiger partial charge in [-0.15, -0.1) is 24.0 Å². The Bertz CT molecular complexity index is 501. The topological polar surface area (TPSA) is 42.9 Å². The average molecular weight is 463 g/mol. The highest BCUT2D eigenvalue weighted by Gasteiger charge is 2.16. The van der Waals surface area contributed by atoms with Crippen LogP contribution in [0.3, 0.4) is 0 Å². The Morgan fingerprint density at radius 2 is 1.72 bits per heavy atom. The first kappa shape index (κ1) is 22.0. The zero-order chi connectivity index (χ0) is 17.2. The minimum Gasteiger partial charge on any atom is -0.369 e. The molecule has 0 unspecified atom stereocenters. The van der Waals surface area contributed by atoms with Crippen molar-refractivity contribution in [2.24, 2.45) is 4.99 Å². The lowest BCUT2D eigenvalue weighted by Crippen LogP contribution is -2.49. The molecule has 25 heavy (non-hydrogen) atoms. The maximum atomic E-state index is 13.0. The number of hydrogen-bond donors (Lipinski definition) is 2. The summed E-state index contributed by atoms with van der Waals surface area (Å²) in [7, 11) is 1.81. The summed E-state index contributed by atoms with van der Waals surface area (Å²) in [6, 6.07) is 6.78. The molecule has 2 N–H and O–H groups in total. The van der Waals surface area contributed by atoms with Gasteiger partial charge in [-0.2, -0.15) is 0 Å². The summed E-state index contributed by atoms with van der Waals surface area (Å²) in [5.41, 5.74) is 1.11. The van der Waals surface area contributed by atoms with Crippen molar-refractivity contribution in [2.75, 3.05) is 57.8 Å². The summed E-state index contributed by atoms with van der Waals surface area (Å²) >= 11 is 0. The van der Waals surface area contributed by atoms with E-state index in [1.165, 1.54) is 18.6 Å². The second-order valence-corrected chi connectivity index (χ2v) is 6.08. The minimum atomic E-state index is -0.176. The number of aliphatic imine (C=N–C) groups is 1. The Balaban J connectivity index is 0.00000312. The molecule has 1 aromatic carbocycles. The van der Waals surface area contributed by atoms with Crippen molar-refractivity contribution in [3.63, 3.8) is 0 Å². The maximum Gasteiger partial charge on any atom is 0.191 e. The molecule has 0 spiro atoms. The third kappa shape index (κ3) is 7.77. The SMILES string of the molecule is CCCCNC(=NC)NCCN1CCN(c2ccc(F)cc2)CC1.I. The van der Waals surface area contributed by atoms with Crippen molar-refractivity contribution in [3.05, 3.63) is 30.1 Å². The fraction of sp³-hybridized carbons (Fsp3) is 0.611. The van der Waals surface area contributed by atoms with Crippen molar-refractivity contribution in [1.82, 2.24) is 15.5 Å². The number of nitrogens with one attached hydrogen (secondary N) is 2. The van der Waals surface area contributed by atoms with Crippen molar-refractivity contribution in [3.8, 4) is 0 Å². The fourth-order valence-electron chi connectivity index (χ4n) is 2.82. The fourth-order valence-corrected chi connectivity index (χ4v) is 2.82. The molecule has 2 rings (SSSR count). The molecule has 0 atom stereocenters. The molecule has 1 fully saturated rings. The quantitative estimate of drug-likeness (QED) is 0.282. The Morgan fingerprint density at radius 1 is 1.08 bits per heavy atom. The number of benzene rings is 1. The first-order chi connectivity index (χ1) is 11.7. The number of guanidine groups is 1. The number of rotatable bonds is 7. The van der Waals surface area contributed by atoms with E-state index >= 15 is 0 Å². The average Bonchev–Trinajstić information content (AvgIpc) is 2.62. The highest BCUT2D eigenvalue weighted by molar-refractivity contribution is 14.0. The van der Waals surface area contributed by atoms with Crippen LogP contribution in [0.2, 0.25) is 0 Å². The molecule has 0 radical (unpaired) electrons. The van der Waals surface area contributed by atoms with Crippen LogP contribution in [0.1, 0.15) is 19.8 Å². The molecule has 5 nitrogen and oxygen atoms in total. The Labute approximate surface area is 168 Å². The van der Waals surface area contributed by atoms with Gasteiger partial charge >= 0.3 is 0 Å². The van der Waals surface area contributed by atoms with Gasteiger partial charge in [-0.05, 0) is 30.7 Å². The van der Waals surface area contributed by atoms with Crippen LogP contribution in [0.15, 0.2) is 29.3 Å². The number of halogens is 2. The number of unbranched alkanes of at least 4 members (excludes halogenated alkanes) is 1. The van der Waals surface area contributed by atoms with E-state index in [-0.39, 0.29) is 29.8 Å². The molecule has 1 aromatic rings. The maximum absolute atomic E-state index is 13.0. The lowest BCUT2D eigenvalue weighted by Gasteiger charge is -2.36. The van der Waals surface area contributed by atoms with Crippen molar-refractivity contribution >= 4 is 35.6 Å². The highest BCUT2D eigenvalue weighted by Crippen LogP contribution is 2.16. The second-order valence-electron chi connectivity index (χ2n) is 6.08. The molecule has 0 aromatic heterocycles. The largest absolute Gasteiger partial charge is 0.369 e. The van der Waals surface area contributed by atoms with E-state index in [4.69, 9.17) is 0 Å². The summed E-state index contributed by atoms with van der Waals surface area (Å²) < 4.78 is 13.0. The first-order valence-electron chi connectivity index (χ1n) is 8.90. The first-order valence-corrected chi connectivity index (χ1v) is 8.90. The highest BCUT2D eigenvalue weighted by atomic mass is 127. The van der Waals surface area contributed by atoms with Crippen LogP contribution in [0.5, 0.6) is 0 Å². The molecule has 0 saturated carbocycles. The zero-order valence-electron chi connectivity index (χ0n) is 15.3. The molecule has 1 heterocycles. The van der Waals surface area contributed by atoms with Gasteiger partial charge in [0.05, 0.1) is 0 Å². The standard InChI is InChI=1S/C18H30FN5.HI/c1-3-4-9-21-18(20-2)22-10-11-23-12-14-24(15-13-23)17-7-5-16(19)6-8-17;/h5-8H,3-4,9-15H2,1-2H3,(H2,20,21,22);1H. The van der Waals surface area contributed by atoms with Gasteiger partial charge in [-0.1, -0.05) is 13.3 Å². The van der Waals surface area contributed by atoms with Gasteiger partial charge in [0.1, 0.15) is 5.82 Å². The van der Waals surface area contributed by atoms with Crippen LogP contribution in [-0.2, 0) is 0 Å². The molecule has 1 aliphatic heterocycles. The summed E-state index contributed by atoms with van der Waals surface area (Å²) in [6.07, 6.45) is 2.34. The summed E-state index contributed by atoms with van der Waals surface area (Å²) in [5, 5.41) is 6.69. The van der Waals surface area contributed by atoms with Gasteiger partial charge in [0.2, 0.25) is 0 Å². The number of piperazine rings is 1. The minimum absolute atomic E-state index is 0. The van der Waals surface area contributed by atoms with Gasteiger partial charge in [0.15, 0.2) is 5.96 Å². The van der Waals surface area contributed by atoms with Crippen LogP contribution in [0.4, 0.5) is 10.1 Å². The van der Waals surface area contributed by atoms with Crippen LogP contribution in [0, 0.1) is 5.82 Å². The molecule has 142 valence electrons. The van der Waals surface area contributed by atoms with Crippen molar-refractivity contribution in [1.29, 1.82) is 0 Å². The van der Waals surface area contributed by atoms with Crippen LogP contribution < -0.4 is 15.5 Å². The third-order valence-electron chi connectivity index (χ3n) is 4.33. The lowest BCUT2D eigenvalue weighted by molar-refractivity contribution is 0.261. The van der Waals surface area contributed by atoms with Crippen LogP contribution in [0.25, 0.3) is 0 Å². The molecule has 1 aliphatic rings. The van der Waals surface area contributed by atoms with E-state index in [0.717, 1.165) is 63.9 Å². The summed E-state index contributed by atoms with van der Waals surface area (Å²) in [4.78, 5) is 9.00. The van der Waals surface area contributed by atoms with Crippen molar-refractivity contribution < 1.29 is 4.39 Å². The molecule has 0 amide bonds. The Morgan fingerprint density at radius 3 is 2.32 bits per heavy atom. The molecule has 0 bridgehead atoms. The molecule has 0 aliphatic carbocycles. The predicted molar refractivity (Wildman–Crippen MR) is 115 cm³/mol. The molecular formula is C18H31FIN5. The zero-order valence-corrected chi connectivity index (χ0v) is 17.6. The number of anilines is 1. The number of nitrogens with zero attached hydrogens (tertiary/aromatic N) is 3. The lowest BCUT2D eigenvalue weighted by atomic mass is 10.2. The van der Waals surface area contributed by atoms with Gasteiger partial charge in [0, 0.05) is 58.5 Å². The Kier molecular flexibility index (Phi) is 10.8. The van der Waals surface area contributed by atoms with E-state index in [1.54, 1.807) is 0 Å². The van der Waals surface area contributed by atoms with Crippen LogP contribution >= 0.6 is 24.0 Å². The van der Waals surface area contributed by atoms with E-state index in [2.05, 4.69) is 32.3 Å². The predicted octanol–water partition coefficient (Wildman–Crippen LogP) is 2.53. The van der Waals surface area contributed by atoms with Crippen molar-refractivity contribution in [2.45, 2.75) is 19.8 Å². The number of hydrogen-bond acceptors (Lipinski definition) is 3. The van der Waals surface area contributed by atoms with Gasteiger partial charge < -0.3 is 15.5 Å².